The van der Waals surface area contributed by atoms with E-state index in [-0.39, 0.29) is 31.1 Å². The fraction of sp³-hybridized carbons (Fsp3) is 0.0741. The molecule has 1 N–H and O–H groups in total. The molecule has 0 saturated carbocycles. The number of thiazole rings is 1. The summed E-state index contributed by atoms with van der Waals surface area (Å²) in [6.45, 7) is 0. The summed E-state index contributed by atoms with van der Waals surface area (Å²) in [5, 5.41) is 22.4. The second kappa shape index (κ2) is 10.8. The van der Waals surface area contributed by atoms with E-state index in [0.717, 1.165) is 35.4 Å². The molecule has 1 atom stereocenters. The Morgan fingerprint density at radius 3 is 2.27 bits per heavy atom. The number of amides is 1. The number of carbonyl (C=O) groups excluding carboxylic acids is 2. The summed E-state index contributed by atoms with van der Waals surface area (Å²) < 4.78 is 31.5. The summed E-state index contributed by atoms with van der Waals surface area (Å²) in [6, 6.07) is 15.7. The predicted molar refractivity (Wildman–Crippen MR) is 150 cm³/mol. The van der Waals surface area contributed by atoms with Gasteiger partial charge < -0.3 is 9.84 Å². The van der Waals surface area contributed by atoms with Crippen LogP contribution >= 0.6 is 22.9 Å². The third kappa shape index (κ3) is 5.06. The first-order valence-electron chi connectivity index (χ1n) is 11.7. The summed E-state index contributed by atoms with van der Waals surface area (Å²) in [6.07, 6.45) is 1.04. The highest BCUT2D eigenvalue weighted by atomic mass is 35.5. The number of non-ortho nitro benzene ring substituents is 1. The highest BCUT2D eigenvalue weighted by molar-refractivity contribution is 7.93. The van der Waals surface area contributed by atoms with E-state index in [4.69, 9.17) is 16.3 Å². The van der Waals surface area contributed by atoms with Gasteiger partial charge in [0.25, 0.3) is 11.5 Å². The van der Waals surface area contributed by atoms with Crippen LogP contribution in [-0.2, 0) is 19.4 Å². The standard InChI is InChI=1S/C27H18ClN3O8S2/c1-39-19-10-4-15(5-11-19)23-22(24(32)16-2-6-17(28)7-3-16)25(33)26(34)30(23)27-29-14-21(40-27)41(37,38)20-12-8-18(9-13-20)31(35)36/h2-14,23,32H,1H3. The van der Waals surface area contributed by atoms with Crippen molar-refractivity contribution in [1.29, 1.82) is 0 Å². The van der Waals surface area contributed by atoms with Crippen molar-refractivity contribution in [3.63, 3.8) is 0 Å². The highest BCUT2D eigenvalue weighted by Gasteiger charge is 2.48. The molecule has 5 rings (SSSR count). The number of methoxy groups -OCH3 is 1. The van der Waals surface area contributed by atoms with Crippen molar-refractivity contribution in [2.45, 2.75) is 15.1 Å². The molecule has 0 spiro atoms. The van der Waals surface area contributed by atoms with Gasteiger partial charge in [0.1, 0.15) is 15.7 Å². The van der Waals surface area contributed by atoms with Gasteiger partial charge >= 0.3 is 5.91 Å². The quantitative estimate of drug-likeness (QED) is 0.0978. The van der Waals surface area contributed by atoms with Crippen LogP contribution in [0.15, 0.2) is 93.7 Å². The number of Topliss-reactive ketones (excluding diaryl/α,β-unsaturated/α-hetero) is 1. The van der Waals surface area contributed by atoms with Gasteiger partial charge in [-0.05, 0) is 54.1 Å². The van der Waals surface area contributed by atoms with E-state index in [2.05, 4.69) is 4.98 Å². The monoisotopic (exact) mass is 611 g/mol. The van der Waals surface area contributed by atoms with Crippen LogP contribution in [0.25, 0.3) is 5.76 Å². The lowest BCUT2D eigenvalue weighted by Gasteiger charge is -2.23. The van der Waals surface area contributed by atoms with Gasteiger partial charge in [-0.3, -0.25) is 24.6 Å². The number of nitro benzene ring substituents is 1. The van der Waals surface area contributed by atoms with Gasteiger partial charge in [-0.25, -0.2) is 13.4 Å². The second-order valence-corrected chi connectivity index (χ2v) is 12.3. The van der Waals surface area contributed by atoms with Crippen LogP contribution in [0.4, 0.5) is 10.8 Å². The van der Waals surface area contributed by atoms with E-state index in [0.29, 0.717) is 27.7 Å². The molecule has 41 heavy (non-hydrogen) atoms. The number of nitrogens with zero attached hydrogens (tertiary/aromatic N) is 3. The van der Waals surface area contributed by atoms with Crippen molar-refractivity contribution in [1.82, 2.24) is 4.98 Å². The highest BCUT2D eigenvalue weighted by Crippen LogP contribution is 2.44. The van der Waals surface area contributed by atoms with Crippen LogP contribution in [0.1, 0.15) is 17.2 Å². The number of benzene rings is 3. The van der Waals surface area contributed by atoms with Crippen molar-refractivity contribution in [2.24, 2.45) is 0 Å². The maximum absolute atomic E-state index is 13.4. The molecule has 4 aromatic rings. The molecule has 1 unspecified atom stereocenters. The van der Waals surface area contributed by atoms with Crippen LogP contribution in [-0.4, -0.2) is 42.2 Å². The number of halogens is 1. The van der Waals surface area contributed by atoms with Crippen LogP contribution in [0.3, 0.4) is 0 Å². The van der Waals surface area contributed by atoms with Gasteiger partial charge in [0, 0.05) is 22.7 Å². The molecule has 1 amide bonds. The maximum Gasteiger partial charge on any atom is 0.301 e. The molecular formula is C27H18ClN3O8S2. The van der Waals surface area contributed by atoms with E-state index >= 15 is 0 Å². The first-order chi connectivity index (χ1) is 19.5. The number of aromatic nitrogens is 1. The summed E-state index contributed by atoms with van der Waals surface area (Å²) in [5.41, 5.74) is 0.164. The molecule has 1 fully saturated rings. The molecule has 11 nitrogen and oxygen atoms in total. The summed E-state index contributed by atoms with van der Waals surface area (Å²) >= 11 is 6.60. The summed E-state index contributed by atoms with van der Waals surface area (Å²) in [7, 11) is -2.69. The number of carbonyl (C=O) groups is 2. The van der Waals surface area contributed by atoms with Gasteiger partial charge in [0.15, 0.2) is 5.13 Å². The molecule has 2 heterocycles. The number of hydrogen-bond donors (Lipinski definition) is 1. The zero-order valence-corrected chi connectivity index (χ0v) is 23.3. The van der Waals surface area contributed by atoms with E-state index in [1.54, 1.807) is 24.3 Å². The molecule has 0 radical (unpaired) electrons. The molecule has 1 aliphatic heterocycles. The third-order valence-electron chi connectivity index (χ3n) is 6.29. The zero-order valence-electron chi connectivity index (χ0n) is 20.9. The van der Waals surface area contributed by atoms with E-state index in [1.807, 2.05) is 0 Å². The topological polar surface area (TPSA) is 157 Å². The number of ether oxygens (including phenoxy) is 1. The van der Waals surface area contributed by atoms with Gasteiger partial charge in [-0.15, -0.1) is 0 Å². The Morgan fingerprint density at radius 2 is 1.68 bits per heavy atom. The lowest BCUT2D eigenvalue weighted by atomic mass is 9.95. The normalized spacial score (nSPS) is 16.6. The number of hydrogen-bond acceptors (Lipinski definition) is 10. The van der Waals surface area contributed by atoms with Gasteiger partial charge in [0.05, 0.1) is 34.7 Å². The van der Waals surface area contributed by atoms with Gasteiger partial charge in [-0.1, -0.05) is 35.1 Å². The Kier molecular flexibility index (Phi) is 7.34. The Morgan fingerprint density at radius 1 is 1.05 bits per heavy atom. The number of aliphatic hydroxyl groups excluding tert-OH is 1. The maximum atomic E-state index is 13.4. The van der Waals surface area contributed by atoms with Crippen LogP contribution < -0.4 is 9.64 Å². The molecule has 1 aromatic heterocycles. The molecule has 0 aliphatic carbocycles. The molecule has 1 saturated heterocycles. The number of rotatable bonds is 7. The number of nitro groups is 1. The van der Waals surface area contributed by atoms with Crippen molar-refractivity contribution in [3.05, 3.63) is 111 Å². The van der Waals surface area contributed by atoms with Crippen molar-refractivity contribution in [3.8, 4) is 5.75 Å². The average molecular weight is 612 g/mol. The summed E-state index contributed by atoms with van der Waals surface area (Å²) in [5.74, 6) is -1.95. The average Bonchev–Trinajstić information content (AvgIpc) is 3.56. The van der Waals surface area contributed by atoms with Crippen LogP contribution in [0, 0.1) is 10.1 Å². The minimum atomic E-state index is -4.17. The molecular weight excluding hydrogens is 594 g/mol. The van der Waals surface area contributed by atoms with E-state index in [1.165, 1.54) is 31.4 Å². The Bertz CT molecular complexity index is 1820. The van der Waals surface area contributed by atoms with E-state index < -0.39 is 38.3 Å². The minimum absolute atomic E-state index is 0.108. The summed E-state index contributed by atoms with van der Waals surface area (Å²) in [4.78, 5) is 42.0. The van der Waals surface area contributed by atoms with Crippen molar-refractivity contribution >= 4 is 61.0 Å². The van der Waals surface area contributed by atoms with Crippen molar-refractivity contribution < 1.29 is 32.8 Å². The molecule has 1 aliphatic rings. The van der Waals surface area contributed by atoms with Crippen LogP contribution in [0.2, 0.25) is 5.02 Å². The predicted octanol–water partition coefficient (Wildman–Crippen LogP) is 5.17. The van der Waals surface area contributed by atoms with Gasteiger partial charge in [-0.2, -0.15) is 0 Å². The van der Waals surface area contributed by atoms with Crippen molar-refractivity contribution in [2.75, 3.05) is 12.0 Å². The molecule has 14 heteroatoms. The first kappa shape index (κ1) is 28.0. The fourth-order valence-corrected chi connectivity index (χ4v) is 6.92. The third-order valence-corrected chi connectivity index (χ3v) is 9.77. The largest absolute Gasteiger partial charge is 0.507 e. The SMILES string of the molecule is COc1ccc(C2C(=C(O)c3ccc(Cl)cc3)C(=O)C(=O)N2c2ncc(S(=O)(=O)c3ccc([N+](=O)[O-])cc3)s2)cc1. The fourth-order valence-electron chi connectivity index (χ4n) is 4.24. The lowest BCUT2D eigenvalue weighted by molar-refractivity contribution is -0.384. The molecule has 208 valence electrons. The number of anilines is 1. The number of ketones is 1. The number of aliphatic hydroxyl groups is 1. The second-order valence-electron chi connectivity index (χ2n) is 8.67. The smallest absolute Gasteiger partial charge is 0.301 e. The number of sulfone groups is 1. The Labute approximate surface area is 242 Å². The zero-order chi connectivity index (χ0) is 29.5. The minimum Gasteiger partial charge on any atom is -0.507 e. The Balaban J connectivity index is 1.62. The van der Waals surface area contributed by atoms with Gasteiger partial charge in [0.2, 0.25) is 9.84 Å². The van der Waals surface area contributed by atoms with E-state index in [9.17, 15) is 33.2 Å². The molecule has 0 bridgehead atoms. The molecule has 3 aromatic carbocycles. The Hall–Kier alpha value is -4.59. The lowest BCUT2D eigenvalue weighted by Crippen LogP contribution is -2.29. The first-order valence-corrected chi connectivity index (χ1v) is 14.4. The van der Waals surface area contributed by atoms with Crippen LogP contribution in [0.5, 0.6) is 5.75 Å².